The summed E-state index contributed by atoms with van der Waals surface area (Å²) in [6.45, 7) is 6.47. The van der Waals surface area contributed by atoms with Gasteiger partial charge in [-0.3, -0.25) is 0 Å². The van der Waals surface area contributed by atoms with Crippen molar-refractivity contribution in [3.63, 3.8) is 0 Å². The standard InChI is InChI=1S/C14H17NO/c1-10(2)8-12-4-6-13(7-5-12)14-11(3)9-16-15-14/h4-7,9-10H,8H2,1-3H3. The van der Waals surface area contributed by atoms with Gasteiger partial charge in [0.25, 0.3) is 0 Å². The average molecular weight is 215 g/mol. The Bertz CT molecular complexity index is 454. The molecule has 2 heteroatoms. The Balaban J connectivity index is 2.23. The first kappa shape index (κ1) is 10.9. The second-order valence-corrected chi connectivity index (χ2v) is 4.64. The molecule has 0 spiro atoms. The summed E-state index contributed by atoms with van der Waals surface area (Å²) >= 11 is 0. The highest BCUT2D eigenvalue weighted by molar-refractivity contribution is 5.62. The van der Waals surface area contributed by atoms with Crippen LogP contribution in [0.1, 0.15) is 25.0 Å². The second-order valence-electron chi connectivity index (χ2n) is 4.64. The Morgan fingerprint density at radius 2 is 1.88 bits per heavy atom. The smallest absolute Gasteiger partial charge is 0.127 e. The Kier molecular flexibility index (Phi) is 3.09. The molecule has 1 aromatic carbocycles. The Hall–Kier alpha value is -1.57. The van der Waals surface area contributed by atoms with E-state index in [1.165, 1.54) is 5.56 Å². The van der Waals surface area contributed by atoms with Crippen LogP contribution in [0.25, 0.3) is 11.3 Å². The van der Waals surface area contributed by atoms with E-state index < -0.39 is 0 Å². The summed E-state index contributed by atoms with van der Waals surface area (Å²) in [4.78, 5) is 0. The van der Waals surface area contributed by atoms with Crippen molar-refractivity contribution >= 4 is 0 Å². The van der Waals surface area contributed by atoms with Gasteiger partial charge in [0.05, 0.1) is 0 Å². The molecular weight excluding hydrogens is 198 g/mol. The van der Waals surface area contributed by atoms with Crippen molar-refractivity contribution in [2.24, 2.45) is 5.92 Å². The van der Waals surface area contributed by atoms with Gasteiger partial charge in [-0.05, 0) is 24.8 Å². The zero-order chi connectivity index (χ0) is 11.5. The lowest BCUT2D eigenvalue weighted by Crippen LogP contribution is -1.93. The van der Waals surface area contributed by atoms with E-state index in [0.717, 1.165) is 23.2 Å². The number of rotatable bonds is 3. The van der Waals surface area contributed by atoms with Crippen molar-refractivity contribution in [1.82, 2.24) is 5.16 Å². The van der Waals surface area contributed by atoms with Crippen LogP contribution < -0.4 is 0 Å². The fourth-order valence-corrected chi connectivity index (χ4v) is 1.84. The molecule has 0 bridgehead atoms. The van der Waals surface area contributed by atoms with Crippen LogP contribution in [0, 0.1) is 12.8 Å². The number of nitrogens with zero attached hydrogens (tertiary/aromatic N) is 1. The first-order chi connectivity index (χ1) is 7.66. The van der Waals surface area contributed by atoms with Crippen LogP contribution in [0.5, 0.6) is 0 Å². The molecule has 84 valence electrons. The summed E-state index contributed by atoms with van der Waals surface area (Å²) in [5.74, 6) is 0.694. The summed E-state index contributed by atoms with van der Waals surface area (Å²) in [6, 6.07) is 8.57. The summed E-state index contributed by atoms with van der Waals surface area (Å²) in [5.41, 5.74) is 4.52. The minimum Gasteiger partial charge on any atom is -0.364 e. The van der Waals surface area contributed by atoms with Gasteiger partial charge in [-0.1, -0.05) is 43.3 Å². The summed E-state index contributed by atoms with van der Waals surface area (Å²) in [7, 11) is 0. The van der Waals surface area contributed by atoms with E-state index in [1.54, 1.807) is 6.26 Å². The van der Waals surface area contributed by atoms with Crippen LogP contribution in [0.3, 0.4) is 0 Å². The fraction of sp³-hybridized carbons (Fsp3) is 0.357. The average Bonchev–Trinajstić information content (AvgIpc) is 2.65. The van der Waals surface area contributed by atoms with E-state index in [9.17, 15) is 0 Å². The van der Waals surface area contributed by atoms with Crippen LogP contribution in [0.15, 0.2) is 35.1 Å². The molecule has 0 aliphatic heterocycles. The van der Waals surface area contributed by atoms with E-state index in [0.29, 0.717) is 5.92 Å². The normalized spacial score (nSPS) is 11.0. The first-order valence-electron chi connectivity index (χ1n) is 5.67. The number of hydrogen-bond donors (Lipinski definition) is 0. The molecule has 0 fully saturated rings. The molecule has 0 unspecified atom stereocenters. The molecule has 0 aliphatic rings. The lowest BCUT2D eigenvalue weighted by molar-refractivity contribution is 0.421. The van der Waals surface area contributed by atoms with Crippen LogP contribution in [-0.2, 0) is 6.42 Å². The predicted octanol–water partition coefficient (Wildman–Crippen LogP) is 3.85. The van der Waals surface area contributed by atoms with Crippen LogP contribution in [-0.4, -0.2) is 5.16 Å². The maximum absolute atomic E-state index is 4.94. The van der Waals surface area contributed by atoms with Crippen molar-refractivity contribution in [2.75, 3.05) is 0 Å². The molecule has 0 saturated heterocycles. The maximum atomic E-state index is 4.94. The second kappa shape index (κ2) is 4.52. The van der Waals surface area contributed by atoms with E-state index in [2.05, 4.69) is 43.3 Å². The molecular formula is C14H17NO. The van der Waals surface area contributed by atoms with Gasteiger partial charge >= 0.3 is 0 Å². The third-order valence-electron chi connectivity index (χ3n) is 2.62. The zero-order valence-corrected chi connectivity index (χ0v) is 10.0. The van der Waals surface area contributed by atoms with Crippen molar-refractivity contribution in [1.29, 1.82) is 0 Å². The summed E-state index contributed by atoms with van der Waals surface area (Å²) in [6.07, 6.45) is 2.80. The van der Waals surface area contributed by atoms with Gasteiger partial charge < -0.3 is 4.52 Å². The monoisotopic (exact) mass is 215 g/mol. The predicted molar refractivity (Wildman–Crippen MR) is 65.2 cm³/mol. The number of aryl methyl sites for hydroxylation is 1. The van der Waals surface area contributed by atoms with E-state index in [-0.39, 0.29) is 0 Å². The van der Waals surface area contributed by atoms with Crippen LogP contribution in [0.2, 0.25) is 0 Å². The molecule has 1 heterocycles. The van der Waals surface area contributed by atoms with Gasteiger partial charge in [-0.25, -0.2) is 0 Å². The molecule has 2 rings (SSSR count). The molecule has 0 N–H and O–H groups in total. The molecule has 1 aromatic heterocycles. The van der Waals surface area contributed by atoms with Crippen molar-refractivity contribution in [2.45, 2.75) is 27.2 Å². The minimum absolute atomic E-state index is 0.694. The molecule has 0 saturated carbocycles. The van der Waals surface area contributed by atoms with Gasteiger partial charge in [0.15, 0.2) is 0 Å². The van der Waals surface area contributed by atoms with E-state index in [1.807, 2.05) is 6.92 Å². The third-order valence-corrected chi connectivity index (χ3v) is 2.62. The molecule has 0 atom stereocenters. The number of hydrogen-bond acceptors (Lipinski definition) is 2. The minimum atomic E-state index is 0.694. The zero-order valence-electron chi connectivity index (χ0n) is 10.0. The lowest BCUT2D eigenvalue weighted by atomic mass is 10.0. The van der Waals surface area contributed by atoms with Gasteiger partial charge in [0, 0.05) is 11.1 Å². The highest BCUT2D eigenvalue weighted by Gasteiger charge is 2.06. The number of aromatic nitrogens is 1. The van der Waals surface area contributed by atoms with Gasteiger partial charge in [0.1, 0.15) is 12.0 Å². The van der Waals surface area contributed by atoms with Crippen molar-refractivity contribution in [3.05, 3.63) is 41.7 Å². The van der Waals surface area contributed by atoms with Gasteiger partial charge in [-0.15, -0.1) is 0 Å². The number of benzene rings is 1. The maximum Gasteiger partial charge on any atom is 0.127 e. The molecule has 0 radical (unpaired) electrons. The van der Waals surface area contributed by atoms with E-state index >= 15 is 0 Å². The fourth-order valence-electron chi connectivity index (χ4n) is 1.84. The molecule has 0 amide bonds. The Morgan fingerprint density at radius 1 is 1.19 bits per heavy atom. The highest BCUT2D eigenvalue weighted by atomic mass is 16.5. The molecule has 16 heavy (non-hydrogen) atoms. The molecule has 2 aromatic rings. The summed E-state index contributed by atoms with van der Waals surface area (Å²) in [5, 5.41) is 4.00. The molecule has 2 nitrogen and oxygen atoms in total. The van der Waals surface area contributed by atoms with Gasteiger partial charge in [-0.2, -0.15) is 0 Å². The Morgan fingerprint density at radius 3 is 2.38 bits per heavy atom. The first-order valence-corrected chi connectivity index (χ1v) is 5.67. The van der Waals surface area contributed by atoms with Crippen LogP contribution >= 0.6 is 0 Å². The SMILES string of the molecule is Cc1conc1-c1ccc(CC(C)C)cc1. The molecule has 0 aliphatic carbocycles. The third kappa shape index (κ3) is 2.32. The van der Waals surface area contributed by atoms with Gasteiger partial charge in [0.2, 0.25) is 0 Å². The quantitative estimate of drug-likeness (QED) is 0.777. The largest absolute Gasteiger partial charge is 0.364 e. The van der Waals surface area contributed by atoms with Crippen molar-refractivity contribution in [3.8, 4) is 11.3 Å². The van der Waals surface area contributed by atoms with E-state index in [4.69, 9.17) is 4.52 Å². The highest BCUT2D eigenvalue weighted by Crippen LogP contribution is 2.22. The topological polar surface area (TPSA) is 26.0 Å². The Labute approximate surface area is 96.3 Å². The van der Waals surface area contributed by atoms with Crippen molar-refractivity contribution < 1.29 is 4.52 Å². The summed E-state index contributed by atoms with van der Waals surface area (Å²) < 4.78 is 4.94. The van der Waals surface area contributed by atoms with Crippen LogP contribution in [0.4, 0.5) is 0 Å². The lowest BCUT2D eigenvalue weighted by Gasteiger charge is -2.05.